The maximum atomic E-state index is 10.6. The molecule has 0 saturated heterocycles. The van der Waals surface area contributed by atoms with Gasteiger partial charge in [-0.2, -0.15) is 0 Å². The lowest BCUT2D eigenvalue weighted by Gasteiger charge is -2.17. The lowest BCUT2D eigenvalue weighted by Crippen LogP contribution is -2.05. The molecule has 0 saturated carbocycles. The van der Waals surface area contributed by atoms with Gasteiger partial charge in [0.15, 0.2) is 0 Å². The van der Waals surface area contributed by atoms with Crippen molar-refractivity contribution in [1.29, 1.82) is 0 Å². The Morgan fingerprint density at radius 1 is 1.00 bits per heavy atom. The smallest absolute Gasteiger partial charge is 0.106 e. The van der Waals surface area contributed by atoms with Crippen molar-refractivity contribution in [2.24, 2.45) is 0 Å². The second kappa shape index (κ2) is 6.23. The number of rotatable bonds is 4. The minimum atomic E-state index is -0.657. The van der Waals surface area contributed by atoms with E-state index < -0.39 is 6.10 Å². The lowest BCUT2D eigenvalue weighted by atomic mass is 9.93. The second-order valence-corrected chi connectivity index (χ2v) is 5.07. The van der Waals surface area contributed by atoms with Crippen molar-refractivity contribution in [2.45, 2.75) is 32.8 Å². The summed E-state index contributed by atoms with van der Waals surface area (Å²) >= 11 is 6.18. The van der Waals surface area contributed by atoms with Crippen LogP contribution in [-0.2, 0) is 12.8 Å². The molecule has 2 rings (SSSR count). The predicted molar refractivity (Wildman–Crippen MR) is 80.7 cm³/mol. The van der Waals surface area contributed by atoms with Crippen molar-refractivity contribution in [3.8, 4) is 0 Å². The normalized spacial score (nSPS) is 12.4. The summed E-state index contributed by atoms with van der Waals surface area (Å²) in [6, 6.07) is 13.8. The first-order valence-electron chi connectivity index (χ1n) is 6.71. The number of aliphatic hydroxyl groups is 1. The van der Waals surface area contributed by atoms with Gasteiger partial charge in [0, 0.05) is 10.6 Å². The molecular weight excluding hydrogens is 256 g/mol. The first kappa shape index (κ1) is 14.1. The molecule has 2 heteroatoms. The molecule has 0 aliphatic rings. The Morgan fingerprint density at radius 2 is 1.74 bits per heavy atom. The van der Waals surface area contributed by atoms with Crippen molar-refractivity contribution in [3.63, 3.8) is 0 Å². The van der Waals surface area contributed by atoms with Gasteiger partial charge in [0.1, 0.15) is 6.10 Å². The van der Waals surface area contributed by atoms with Crippen LogP contribution in [0, 0.1) is 0 Å². The van der Waals surface area contributed by atoms with E-state index in [1.807, 2.05) is 24.3 Å². The number of halogens is 1. The number of hydrogen-bond acceptors (Lipinski definition) is 1. The molecule has 1 N–H and O–H groups in total. The molecule has 0 radical (unpaired) electrons. The van der Waals surface area contributed by atoms with Crippen LogP contribution >= 0.6 is 11.6 Å². The Hall–Kier alpha value is -1.31. The Labute approximate surface area is 119 Å². The van der Waals surface area contributed by atoms with Gasteiger partial charge in [0.05, 0.1) is 0 Å². The third-order valence-corrected chi connectivity index (χ3v) is 3.84. The van der Waals surface area contributed by atoms with Crippen LogP contribution in [0.3, 0.4) is 0 Å². The summed E-state index contributed by atoms with van der Waals surface area (Å²) in [7, 11) is 0. The summed E-state index contributed by atoms with van der Waals surface area (Å²) in [6.07, 6.45) is 1.21. The van der Waals surface area contributed by atoms with Crippen LogP contribution in [0.25, 0.3) is 0 Å². The van der Waals surface area contributed by atoms with Gasteiger partial charge in [-0.25, -0.2) is 0 Å². The molecule has 100 valence electrons. The van der Waals surface area contributed by atoms with E-state index in [0.29, 0.717) is 5.02 Å². The van der Waals surface area contributed by atoms with Crippen molar-refractivity contribution >= 4 is 11.6 Å². The van der Waals surface area contributed by atoms with Crippen molar-refractivity contribution in [2.75, 3.05) is 0 Å². The molecule has 1 atom stereocenters. The third kappa shape index (κ3) is 2.99. The van der Waals surface area contributed by atoms with E-state index in [1.54, 1.807) is 0 Å². The van der Waals surface area contributed by atoms with Crippen LogP contribution in [0.5, 0.6) is 0 Å². The molecule has 19 heavy (non-hydrogen) atoms. The van der Waals surface area contributed by atoms with Crippen LogP contribution in [0.1, 0.15) is 42.2 Å². The molecule has 0 spiro atoms. The predicted octanol–water partition coefficient (Wildman–Crippen LogP) is 4.55. The molecule has 2 aromatic carbocycles. The number of hydrogen-bond donors (Lipinski definition) is 1. The van der Waals surface area contributed by atoms with E-state index in [1.165, 1.54) is 11.1 Å². The molecule has 0 amide bonds. The van der Waals surface area contributed by atoms with Gasteiger partial charge in [0.25, 0.3) is 0 Å². The summed E-state index contributed by atoms with van der Waals surface area (Å²) in [5.41, 5.74) is 4.14. The van der Waals surface area contributed by atoms with E-state index in [2.05, 4.69) is 32.0 Å². The van der Waals surface area contributed by atoms with Gasteiger partial charge in [-0.3, -0.25) is 0 Å². The Balaban J connectivity index is 2.48. The molecule has 0 bridgehead atoms. The summed E-state index contributed by atoms with van der Waals surface area (Å²) in [4.78, 5) is 0. The zero-order valence-corrected chi connectivity index (χ0v) is 12.1. The first-order valence-corrected chi connectivity index (χ1v) is 7.09. The minimum Gasteiger partial charge on any atom is -0.384 e. The van der Waals surface area contributed by atoms with E-state index >= 15 is 0 Å². The minimum absolute atomic E-state index is 0.610. The molecule has 0 heterocycles. The number of benzene rings is 2. The summed E-state index contributed by atoms with van der Waals surface area (Å²) in [5, 5.41) is 11.2. The van der Waals surface area contributed by atoms with Gasteiger partial charge >= 0.3 is 0 Å². The fourth-order valence-corrected chi connectivity index (χ4v) is 2.54. The van der Waals surface area contributed by atoms with Crippen LogP contribution in [0.2, 0.25) is 5.02 Å². The molecule has 0 aliphatic carbocycles. The standard InChI is InChI=1S/C17H19ClO/c1-3-12-9-10-13(4-2)15(11-12)17(19)14-7-5-6-8-16(14)18/h5-11,17,19H,3-4H2,1-2H3. The van der Waals surface area contributed by atoms with Crippen molar-refractivity contribution < 1.29 is 5.11 Å². The molecule has 0 aliphatic heterocycles. The fourth-order valence-electron chi connectivity index (χ4n) is 2.31. The first-order chi connectivity index (χ1) is 9.17. The molecule has 0 aromatic heterocycles. The third-order valence-electron chi connectivity index (χ3n) is 3.49. The molecule has 0 fully saturated rings. The summed E-state index contributed by atoms with van der Waals surface area (Å²) in [5.74, 6) is 0. The quantitative estimate of drug-likeness (QED) is 0.867. The SMILES string of the molecule is CCc1ccc(CC)c(C(O)c2ccccc2Cl)c1. The highest BCUT2D eigenvalue weighted by Crippen LogP contribution is 2.31. The highest BCUT2D eigenvalue weighted by molar-refractivity contribution is 6.31. The van der Waals surface area contributed by atoms with E-state index in [0.717, 1.165) is 24.0 Å². The molecule has 1 nitrogen and oxygen atoms in total. The zero-order chi connectivity index (χ0) is 13.8. The highest BCUT2D eigenvalue weighted by Gasteiger charge is 2.16. The lowest BCUT2D eigenvalue weighted by molar-refractivity contribution is 0.219. The number of aliphatic hydroxyl groups excluding tert-OH is 1. The Morgan fingerprint density at radius 3 is 2.37 bits per heavy atom. The van der Waals surface area contributed by atoms with Gasteiger partial charge in [-0.15, -0.1) is 0 Å². The Kier molecular flexibility index (Phi) is 4.62. The van der Waals surface area contributed by atoms with Gasteiger partial charge in [-0.05, 0) is 35.6 Å². The van der Waals surface area contributed by atoms with Gasteiger partial charge in [0.2, 0.25) is 0 Å². The zero-order valence-electron chi connectivity index (χ0n) is 11.4. The molecule has 1 unspecified atom stereocenters. The average Bonchev–Trinajstić information content (AvgIpc) is 2.46. The van der Waals surface area contributed by atoms with Crippen LogP contribution in [0.15, 0.2) is 42.5 Å². The highest BCUT2D eigenvalue weighted by atomic mass is 35.5. The largest absolute Gasteiger partial charge is 0.384 e. The Bertz CT molecular complexity index is 563. The monoisotopic (exact) mass is 274 g/mol. The molecule has 2 aromatic rings. The van der Waals surface area contributed by atoms with E-state index in [-0.39, 0.29) is 0 Å². The van der Waals surface area contributed by atoms with Gasteiger partial charge < -0.3 is 5.11 Å². The van der Waals surface area contributed by atoms with Crippen molar-refractivity contribution in [3.05, 3.63) is 69.7 Å². The second-order valence-electron chi connectivity index (χ2n) is 4.66. The van der Waals surface area contributed by atoms with E-state index in [4.69, 9.17) is 11.6 Å². The maximum Gasteiger partial charge on any atom is 0.106 e. The molecular formula is C17H19ClO. The van der Waals surface area contributed by atoms with Gasteiger partial charge in [-0.1, -0.05) is 61.8 Å². The number of aryl methyl sites for hydroxylation is 2. The maximum absolute atomic E-state index is 10.6. The van der Waals surface area contributed by atoms with Crippen LogP contribution in [-0.4, -0.2) is 5.11 Å². The topological polar surface area (TPSA) is 20.2 Å². The summed E-state index contributed by atoms with van der Waals surface area (Å²) < 4.78 is 0. The van der Waals surface area contributed by atoms with E-state index in [9.17, 15) is 5.11 Å². The summed E-state index contributed by atoms with van der Waals surface area (Å²) in [6.45, 7) is 4.22. The van der Waals surface area contributed by atoms with Crippen LogP contribution < -0.4 is 0 Å². The fraction of sp³-hybridized carbons (Fsp3) is 0.294. The van der Waals surface area contributed by atoms with Crippen molar-refractivity contribution in [1.82, 2.24) is 0 Å². The van der Waals surface area contributed by atoms with Crippen LogP contribution in [0.4, 0.5) is 0 Å². The average molecular weight is 275 g/mol.